The van der Waals surface area contributed by atoms with Crippen molar-refractivity contribution in [3.63, 3.8) is 0 Å². The second kappa shape index (κ2) is 4.06. The Balaban J connectivity index is 2.33. The van der Waals surface area contributed by atoms with Gasteiger partial charge < -0.3 is 5.32 Å². The molecule has 13 heavy (non-hydrogen) atoms. The van der Waals surface area contributed by atoms with E-state index in [9.17, 15) is 13.2 Å². The fraction of sp³-hybridized carbons (Fsp3) is 0.857. The molecular weight excluding hydrogens is 194 g/mol. The van der Waals surface area contributed by atoms with Gasteiger partial charge in [-0.2, -0.15) is 8.42 Å². The van der Waals surface area contributed by atoms with Gasteiger partial charge in [0.25, 0.3) is 10.1 Å². The topological polar surface area (TPSA) is 72.5 Å². The number of hydrogen-bond acceptors (Lipinski definition) is 4. The first-order valence-electron chi connectivity index (χ1n) is 4.08. The van der Waals surface area contributed by atoms with E-state index in [1.807, 2.05) is 0 Å². The summed E-state index contributed by atoms with van der Waals surface area (Å²) in [5, 5.41) is 2.67. The van der Waals surface area contributed by atoms with Crippen molar-refractivity contribution in [3.05, 3.63) is 0 Å². The second-order valence-corrected chi connectivity index (χ2v) is 4.84. The van der Waals surface area contributed by atoms with Crippen molar-refractivity contribution >= 4 is 16.0 Å². The van der Waals surface area contributed by atoms with Gasteiger partial charge in [-0.3, -0.25) is 8.98 Å². The van der Waals surface area contributed by atoms with Gasteiger partial charge in [0.2, 0.25) is 5.91 Å². The zero-order chi connectivity index (χ0) is 9.90. The number of nitrogens with one attached hydrogen (secondary N) is 1. The molecule has 0 aromatic rings. The quantitative estimate of drug-likeness (QED) is 0.632. The van der Waals surface area contributed by atoms with E-state index in [1.54, 1.807) is 0 Å². The molecule has 0 spiro atoms. The van der Waals surface area contributed by atoms with Gasteiger partial charge in [0, 0.05) is 13.0 Å². The summed E-state index contributed by atoms with van der Waals surface area (Å²) in [5.41, 5.74) is 0. The molecule has 1 saturated heterocycles. The summed E-state index contributed by atoms with van der Waals surface area (Å²) in [6.45, 7) is 0.725. The zero-order valence-electron chi connectivity index (χ0n) is 7.45. The highest BCUT2D eigenvalue weighted by Crippen LogP contribution is 2.13. The van der Waals surface area contributed by atoms with Crippen molar-refractivity contribution in [2.45, 2.75) is 12.8 Å². The molecule has 1 unspecified atom stereocenters. The Bertz CT molecular complexity index is 285. The standard InChI is InChI=1S/C7H13NO4S/c1-13(10,11)12-5-6-2-3-8-7(9)4-6/h6H,2-5H2,1H3,(H,8,9). The van der Waals surface area contributed by atoms with Crippen LogP contribution >= 0.6 is 0 Å². The van der Waals surface area contributed by atoms with Crippen LogP contribution in [-0.4, -0.2) is 33.7 Å². The van der Waals surface area contributed by atoms with E-state index in [2.05, 4.69) is 9.50 Å². The van der Waals surface area contributed by atoms with Gasteiger partial charge in [-0.1, -0.05) is 0 Å². The van der Waals surface area contributed by atoms with Crippen molar-refractivity contribution < 1.29 is 17.4 Å². The molecule has 1 aliphatic rings. The highest BCUT2D eigenvalue weighted by atomic mass is 32.2. The van der Waals surface area contributed by atoms with Crippen LogP contribution in [0.15, 0.2) is 0 Å². The van der Waals surface area contributed by atoms with Gasteiger partial charge in [0.1, 0.15) is 0 Å². The average molecular weight is 207 g/mol. The summed E-state index contributed by atoms with van der Waals surface area (Å²) in [7, 11) is -3.37. The van der Waals surface area contributed by atoms with Crippen LogP contribution in [-0.2, 0) is 19.1 Å². The zero-order valence-corrected chi connectivity index (χ0v) is 8.26. The van der Waals surface area contributed by atoms with E-state index in [0.29, 0.717) is 13.0 Å². The van der Waals surface area contributed by atoms with Crippen molar-refractivity contribution in [1.29, 1.82) is 0 Å². The highest BCUT2D eigenvalue weighted by molar-refractivity contribution is 7.85. The molecule has 0 radical (unpaired) electrons. The monoisotopic (exact) mass is 207 g/mol. The Labute approximate surface area is 77.6 Å². The minimum atomic E-state index is -3.37. The number of rotatable bonds is 3. The lowest BCUT2D eigenvalue weighted by Gasteiger charge is -2.20. The first kappa shape index (κ1) is 10.5. The van der Waals surface area contributed by atoms with Crippen LogP contribution in [0.3, 0.4) is 0 Å². The van der Waals surface area contributed by atoms with Gasteiger partial charge >= 0.3 is 0 Å². The third-order valence-electron chi connectivity index (χ3n) is 1.87. The predicted molar refractivity (Wildman–Crippen MR) is 46.5 cm³/mol. The molecule has 1 fully saturated rings. The molecule has 0 aromatic carbocycles. The van der Waals surface area contributed by atoms with Crippen molar-refractivity contribution in [1.82, 2.24) is 5.32 Å². The van der Waals surface area contributed by atoms with Crippen LogP contribution in [0.4, 0.5) is 0 Å². The van der Waals surface area contributed by atoms with Crippen molar-refractivity contribution in [2.75, 3.05) is 19.4 Å². The molecule has 5 nitrogen and oxygen atoms in total. The largest absolute Gasteiger partial charge is 0.356 e. The summed E-state index contributed by atoms with van der Waals surface area (Å²) in [6, 6.07) is 0. The Kier molecular flexibility index (Phi) is 3.27. The minimum absolute atomic E-state index is 0.0310. The van der Waals surface area contributed by atoms with E-state index >= 15 is 0 Å². The summed E-state index contributed by atoms with van der Waals surface area (Å²) < 4.78 is 25.9. The molecule has 1 atom stereocenters. The van der Waals surface area contributed by atoms with Crippen LogP contribution in [0.25, 0.3) is 0 Å². The van der Waals surface area contributed by atoms with Gasteiger partial charge in [-0.15, -0.1) is 0 Å². The number of hydrogen-bond donors (Lipinski definition) is 1. The van der Waals surface area contributed by atoms with Gasteiger partial charge in [0.05, 0.1) is 12.9 Å². The lowest BCUT2D eigenvalue weighted by molar-refractivity contribution is -0.123. The molecular formula is C7H13NO4S. The molecule has 0 aromatic heterocycles. The van der Waals surface area contributed by atoms with Crippen molar-refractivity contribution in [2.24, 2.45) is 5.92 Å². The third kappa shape index (κ3) is 4.23. The van der Waals surface area contributed by atoms with Gasteiger partial charge in [-0.25, -0.2) is 0 Å². The Morgan fingerprint density at radius 3 is 2.85 bits per heavy atom. The molecule has 76 valence electrons. The summed E-state index contributed by atoms with van der Waals surface area (Å²) >= 11 is 0. The smallest absolute Gasteiger partial charge is 0.264 e. The molecule has 6 heteroatoms. The first-order valence-corrected chi connectivity index (χ1v) is 5.90. The van der Waals surface area contributed by atoms with Crippen LogP contribution in [0.5, 0.6) is 0 Å². The van der Waals surface area contributed by atoms with E-state index in [0.717, 1.165) is 12.7 Å². The average Bonchev–Trinajstić information content (AvgIpc) is 2.00. The minimum Gasteiger partial charge on any atom is -0.356 e. The second-order valence-electron chi connectivity index (χ2n) is 3.20. The van der Waals surface area contributed by atoms with Crippen LogP contribution in [0.1, 0.15) is 12.8 Å². The fourth-order valence-corrected chi connectivity index (χ4v) is 1.65. The molecule has 1 amide bonds. The maximum absolute atomic E-state index is 10.9. The Morgan fingerprint density at radius 2 is 2.31 bits per heavy atom. The highest BCUT2D eigenvalue weighted by Gasteiger charge is 2.20. The Morgan fingerprint density at radius 1 is 1.62 bits per heavy atom. The third-order valence-corrected chi connectivity index (χ3v) is 2.43. The Hall–Kier alpha value is -0.620. The maximum atomic E-state index is 10.9. The summed E-state index contributed by atoms with van der Waals surface area (Å²) in [5.74, 6) is -0.00294. The molecule has 1 heterocycles. The van der Waals surface area contributed by atoms with Crippen LogP contribution in [0, 0.1) is 5.92 Å². The molecule has 1 rings (SSSR count). The van der Waals surface area contributed by atoms with Gasteiger partial charge in [-0.05, 0) is 12.3 Å². The molecule has 1 aliphatic heterocycles. The normalized spacial score (nSPS) is 24.1. The SMILES string of the molecule is CS(=O)(=O)OCC1CCNC(=O)C1. The fourth-order valence-electron chi connectivity index (χ4n) is 1.21. The van der Waals surface area contributed by atoms with Crippen molar-refractivity contribution in [3.8, 4) is 0 Å². The number of carbonyl (C=O) groups is 1. The number of carbonyl (C=O) groups excluding carboxylic acids is 1. The summed E-state index contributed by atoms with van der Waals surface area (Å²) in [4.78, 5) is 10.9. The van der Waals surface area contributed by atoms with E-state index in [1.165, 1.54) is 0 Å². The molecule has 1 N–H and O–H groups in total. The van der Waals surface area contributed by atoms with Gasteiger partial charge in [0.15, 0.2) is 0 Å². The van der Waals surface area contributed by atoms with Crippen LogP contribution < -0.4 is 5.32 Å². The number of piperidine rings is 1. The van der Waals surface area contributed by atoms with E-state index < -0.39 is 10.1 Å². The van der Waals surface area contributed by atoms with E-state index in [-0.39, 0.29) is 18.4 Å². The molecule has 0 saturated carbocycles. The predicted octanol–water partition coefficient (Wildman–Crippen LogP) is -0.511. The maximum Gasteiger partial charge on any atom is 0.264 e. The molecule has 0 aliphatic carbocycles. The summed E-state index contributed by atoms with van der Waals surface area (Å²) in [6.07, 6.45) is 2.15. The van der Waals surface area contributed by atoms with Crippen LogP contribution in [0.2, 0.25) is 0 Å². The number of amides is 1. The van der Waals surface area contributed by atoms with E-state index in [4.69, 9.17) is 0 Å². The lowest BCUT2D eigenvalue weighted by atomic mass is 9.99. The molecule has 0 bridgehead atoms. The lowest BCUT2D eigenvalue weighted by Crippen LogP contribution is -2.35. The first-order chi connectivity index (χ1) is 5.97.